The van der Waals surface area contributed by atoms with Crippen LogP contribution in [-0.2, 0) is 0 Å². The minimum absolute atomic E-state index is 1.09. The summed E-state index contributed by atoms with van der Waals surface area (Å²) in [6.45, 7) is 0. The van der Waals surface area contributed by atoms with Crippen molar-refractivity contribution in [2.24, 2.45) is 0 Å². The number of rotatable bonds is 4. The van der Waals surface area contributed by atoms with Gasteiger partial charge in [-0.1, -0.05) is 60.7 Å². The molecule has 128 valence electrons. The highest BCUT2D eigenvalue weighted by molar-refractivity contribution is 6.03. The van der Waals surface area contributed by atoms with Crippen molar-refractivity contribution in [1.29, 1.82) is 0 Å². The first kappa shape index (κ1) is 16.2. The van der Waals surface area contributed by atoms with Crippen molar-refractivity contribution < 1.29 is 0 Å². The summed E-state index contributed by atoms with van der Waals surface area (Å²) in [5.41, 5.74) is 5.92. The molecule has 0 heterocycles. The van der Waals surface area contributed by atoms with Crippen molar-refractivity contribution in [3.8, 4) is 11.1 Å². The largest absolute Gasteiger partial charge is 0.377 e. The second kappa shape index (κ2) is 6.93. The molecule has 0 aliphatic carbocycles. The fraction of sp³-hybridized carbons (Fsp3) is 0.0833. The molecule has 0 aliphatic heterocycles. The van der Waals surface area contributed by atoms with Crippen LogP contribution in [0.5, 0.6) is 0 Å². The summed E-state index contributed by atoms with van der Waals surface area (Å²) in [5.74, 6) is 0. The smallest absolute Gasteiger partial charge is 0.0447 e. The zero-order valence-electron chi connectivity index (χ0n) is 15.1. The Morgan fingerprint density at radius 1 is 0.615 bits per heavy atom. The molecule has 0 spiro atoms. The van der Waals surface area contributed by atoms with Crippen molar-refractivity contribution in [2.75, 3.05) is 24.3 Å². The Labute approximate surface area is 154 Å². The van der Waals surface area contributed by atoms with E-state index in [1.165, 1.54) is 27.6 Å². The van der Waals surface area contributed by atoms with E-state index in [4.69, 9.17) is 0 Å². The lowest BCUT2D eigenvalue weighted by Gasteiger charge is -2.20. The molecule has 1 N–H and O–H groups in total. The predicted molar refractivity (Wildman–Crippen MR) is 113 cm³/mol. The summed E-state index contributed by atoms with van der Waals surface area (Å²) in [6.07, 6.45) is 0. The topological polar surface area (TPSA) is 15.3 Å². The third-order valence-corrected chi connectivity index (χ3v) is 4.62. The third kappa shape index (κ3) is 3.14. The lowest BCUT2D eigenvalue weighted by atomic mass is 9.95. The first-order chi connectivity index (χ1) is 12.7. The maximum absolute atomic E-state index is 3.45. The molecular formula is C24H22N2. The Morgan fingerprint density at radius 2 is 1.27 bits per heavy atom. The summed E-state index contributed by atoms with van der Waals surface area (Å²) in [6, 6.07) is 31.9. The number of hydrogen-bond donors (Lipinski definition) is 1. The van der Waals surface area contributed by atoms with Crippen LogP contribution >= 0.6 is 0 Å². The normalized spacial score (nSPS) is 10.7. The van der Waals surface area contributed by atoms with Crippen molar-refractivity contribution in [1.82, 2.24) is 0 Å². The van der Waals surface area contributed by atoms with Gasteiger partial charge in [0, 0.05) is 36.7 Å². The van der Waals surface area contributed by atoms with E-state index in [1.807, 2.05) is 18.2 Å². The Balaban J connectivity index is 1.76. The molecule has 4 rings (SSSR count). The Bertz CT molecular complexity index is 1020. The molecule has 26 heavy (non-hydrogen) atoms. The monoisotopic (exact) mass is 338 g/mol. The number of hydrogen-bond acceptors (Lipinski definition) is 2. The van der Waals surface area contributed by atoms with E-state index >= 15 is 0 Å². The van der Waals surface area contributed by atoms with E-state index in [9.17, 15) is 0 Å². The molecule has 0 fully saturated rings. The summed E-state index contributed by atoms with van der Waals surface area (Å²) in [5, 5.41) is 5.99. The van der Waals surface area contributed by atoms with E-state index in [-0.39, 0.29) is 0 Å². The molecule has 0 unspecified atom stereocenters. The molecule has 2 heteroatoms. The summed E-state index contributed by atoms with van der Waals surface area (Å²) < 4.78 is 0. The molecule has 0 saturated carbocycles. The van der Waals surface area contributed by atoms with Crippen LogP contribution in [0.1, 0.15) is 0 Å². The highest BCUT2D eigenvalue weighted by atomic mass is 15.1. The zero-order chi connectivity index (χ0) is 17.9. The molecule has 0 radical (unpaired) electrons. The van der Waals surface area contributed by atoms with Gasteiger partial charge in [-0.25, -0.2) is 0 Å². The highest BCUT2D eigenvalue weighted by Crippen LogP contribution is 2.37. The maximum Gasteiger partial charge on any atom is 0.0447 e. The van der Waals surface area contributed by atoms with Crippen LogP contribution in [-0.4, -0.2) is 14.1 Å². The van der Waals surface area contributed by atoms with Crippen LogP contribution in [0.3, 0.4) is 0 Å². The minimum Gasteiger partial charge on any atom is -0.377 e. The van der Waals surface area contributed by atoms with Gasteiger partial charge >= 0.3 is 0 Å². The number of nitrogens with zero attached hydrogens (tertiary/aromatic N) is 1. The van der Waals surface area contributed by atoms with Gasteiger partial charge in [0.1, 0.15) is 0 Å². The van der Waals surface area contributed by atoms with E-state index in [1.54, 1.807) is 0 Å². The molecule has 0 atom stereocenters. The lowest BCUT2D eigenvalue weighted by Crippen LogP contribution is -2.10. The van der Waals surface area contributed by atoms with Crippen LogP contribution in [0, 0.1) is 0 Å². The third-order valence-electron chi connectivity index (χ3n) is 4.62. The average molecular weight is 338 g/mol. The standard InChI is InChI=1S/C24H22N2/c1-26(2)23-17-14-18-8-6-7-11-22(18)24(23)19-12-15-21(16-13-19)25-20-9-4-3-5-10-20/h3-17,25H,1-2H3. The van der Waals surface area contributed by atoms with Crippen molar-refractivity contribution in [2.45, 2.75) is 0 Å². The first-order valence-electron chi connectivity index (χ1n) is 8.84. The van der Waals surface area contributed by atoms with Gasteiger partial charge in [0.05, 0.1) is 0 Å². The fourth-order valence-electron chi connectivity index (χ4n) is 3.34. The quantitative estimate of drug-likeness (QED) is 0.468. The van der Waals surface area contributed by atoms with Gasteiger partial charge in [-0.15, -0.1) is 0 Å². The Kier molecular flexibility index (Phi) is 4.32. The molecule has 2 nitrogen and oxygen atoms in total. The van der Waals surface area contributed by atoms with E-state index in [0.29, 0.717) is 0 Å². The second-order valence-electron chi connectivity index (χ2n) is 6.64. The maximum atomic E-state index is 3.45. The number of nitrogens with one attached hydrogen (secondary N) is 1. The molecule has 0 amide bonds. The van der Waals surface area contributed by atoms with Gasteiger partial charge in [0.2, 0.25) is 0 Å². The molecule has 0 saturated heterocycles. The Hall–Kier alpha value is -3.26. The average Bonchev–Trinajstić information content (AvgIpc) is 2.68. The molecule has 4 aromatic carbocycles. The van der Waals surface area contributed by atoms with Gasteiger partial charge in [-0.05, 0) is 46.7 Å². The van der Waals surface area contributed by atoms with Crippen LogP contribution < -0.4 is 10.2 Å². The second-order valence-corrected chi connectivity index (χ2v) is 6.64. The predicted octanol–water partition coefficient (Wildman–Crippen LogP) is 6.32. The van der Waals surface area contributed by atoms with Crippen molar-refractivity contribution in [3.05, 3.63) is 91.0 Å². The highest BCUT2D eigenvalue weighted by Gasteiger charge is 2.11. The summed E-state index contributed by atoms with van der Waals surface area (Å²) in [4.78, 5) is 2.18. The van der Waals surface area contributed by atoms with Crippen LogP contribution in [0.15, 0.2) is 91.0 Å². The van der Waals surface area contributed by atoms with Crippen molar-refractivity contribution in [3.63, 3.8) is 0 Å². The van der Waals surface area contributed by atoms with E-state index in [0.717, 1.165) is 11.4 Å². The number of fused-ring (bicyclic) bond motifs is 1. The molecule has 4 aromatic rings. The van der Waals surface area contributed by atoms with Gasteiger partial charge < -0.3 is 10.2 Å². The zero-order valence-corrected chi connectivity index (χ0v) is 15.1. The van der Waals surface area contributed by atoms with Crippen LogP contribution in [0.2, 0.25) is 0 Å². The SMILES string of the molecule is CN(C)c1ccc2ccccc2c1-c1ccc(Nc2ccccc2)cc1. The van der Waals surface area contributed by atoms with Gasteiger partial charge in [-0.2, -0.15) is 0 Å². The molecule has 0 aromatic heterocycles. The molecular weight excluding hydrogens is 316 g/mol. The van der Waals surface area contributed by atoms with Crippen LogP contribution in [0.4, 0.5) is 17.1 Å². The van der Waals surface area contributed by atoms with E-state index in [2.05, 4.69) is 97.1 Å². The van der Waals surface area contributed by atoms with Crippen molar-refractivity contribution >= 4 is 27.8 Å². The number of para-hydroxylation sites is 1. The number of benzene rings is 4. The summed E-state index contributed by atoms with van der Waals surface area (Å²) >= 11 is 0. The van der Waals surface area contributed by atoms with Gasteiger partial charge in [0.15, 0.2) is 0 Å². The fourth-order valence-corrected chi connectivity index (χ4v) is 3.34. The van der Waals surface area contributed by atoms with Gasteiger partial charge in [0.25, 0.3) is 0 Å². The molecule has 0 bridgehead atoms. The van der Waals surface area contributed by atoms with Gasteiger partial charge in [-0.3, -0.25) is 0 Å². The Morgan fingerprint density at radius 3 is 2.00 bits per heavy atom. The van der Waals surface area contributed by atoms with E-state index < -0.39 is 0 Å². The summed E-state index contributed by atoms with van der Waals surface area (Å²) in [7, 11) is 4.19. The lowest BCUT2D eigenvalue weighted by molar-refractivity contribution is 1.14. The minimum atomic E-state index is 1.09. The first-order valence-corrected chi connectivity index (χ1v) is 8.84. The van der Waals surface area contributed by atoms with Crippen LogP contribution in [0.25, 0.3) is 21.9 Å². The number of anilines is 3. The molecule has 0 aliphatic rings.